The van der Waals surface area contributed by atoms with Crippen LogP contribution in [0.1, 0.15) is 65.0 Å². The number of nitrogens with one attached hydrogen (secondary N) is 1. The third-order valence-electron chi connectivity index (χ3n) is 6.61. The number of carbonyl (C=O) groups excluding carboxylic acids is 2. The number of hydrogen-bond acceptors (Lipinski definition) is 4. The summed E-state index contributed by atoms with van der Waals surface area (Å²) >= 11 is 0. The normalized spacial score (nSPS) is 12.6. The Morgan fingerprint density at radius 2 is 1.49 bits per heavy atom. The van der Waals surface area contributed by atoms with Crippen molar-refractivity contribution in [2.45, 2.75) is 76.9 Å². The van der Waals surface area contributed by atoms with E-state index in [1.807, 2.05) is 46.8 Å². The van der Waals surface area contributed by atoms with Crippen molar-refractivity contribution in [3.8, 4) is 0 Å². The van der Waals surface area contributed by atoms with Crippen LogP contribution in [-0.2, 0) is 26.2 Å². The summed E-state index contributed by atoms with van der Waals surface area (Å²) in [4.78, 5) is 28.9. The highest BCUT2D eigenvalue weighted by molar-refractivity contribution is 7.92. The summed E-state index contributed by atoms with van der Waals surface area (Å²) in [5.41, 5.74) is 1.43. The van der Waals surface area contributed by atoms with E-state index in [1.54, 1.807) is 49.4 Å². The fourth-order valence-electron chi connectivity index (χ4n) is 4.43. The maximum absolute atomic E-state index is 14.1. The first kappa shape index (κ1) is 31.8. The molecule has 220 valence electrons. The van der Waals surface area contributed by atoms with Gasteiger partial charge in [0.05, 0.1) is 10.6 Å². The van der Waals surface area contributed by atoms with Gasteiger partial charge in [-0.2, -0.15) is 0 Å². The lowest BCUT2D eigenvalue weighted by Crippen LogP contribution is -2.55. The second-order valence-electron chi connectivity index (χ2n) is 11.4. The van der Waals surface area contributed by atoms with Crippen LogP contribution in [0.2, 0.25) is 0 Å². The lowest BCUT2D eigenvalue weighted by Gasteiger charge is -2.34. The highest BCUT2D eigenvalue weighted by Gasteiger charge is 2.34. The lowest BCUT2D eigenvalue weighted by molar-refractivity contribution is -0.141. The molecule has 0 fully saturated rings. The Hall–Kier alpha value is -3.72. The first-order valence-electron chi connectivity index (χ1n) is 13.8. The molecule has 0 heterocycles. The molecule has 7 nitrogen and oxygen atoms in total. The highest BCUT2D eigenvalue weighted by Crippen LogP contribution is 2.27. The van der Waals surface area contributed by atoms with Crippen LogP contribution in [0.5, 0.6) is 0 Å². The van der Waals surface area contributed by atoms with Gasteiger partial charge in [-0.25, -0.2) is 12.8 Å². The van der Waals surface area contributed by atoms with Crippen LogP contribution in [0, 0.1) is 5.82 Å². The van der Waals surface area contributed by atoms with Crippen molar-refractivity contribution < 1.29 is 22.4 Å². The van der Waals surface area contributed by atoms with Gasteiger partial charge in [-0.3, -0.25) is 13.9 Å². The molecule has 2 amide bonds. The molecule has 1 N–H and O–H groups in total. The van der Waals surface area contributed by atoms with Gasteiger partial charge < -0.3 is 10.2 Å². The highest BCUT2D eigenvalue weighted by atomic mass is 32.2. The number of carbonyl (C=O) groups is 2. The van der Waals surface area contributed by atoms with E-state index < -0.39 is 39.9 Å². The topological polar surface area (TPSA) is 86.8 Å². The Labute approximate surface area is 243 Å². The van der Waals surface area contributed by atoms with Crippen molar-refractivity contribution in [2.75, 3.05) is 10.8 Å². The van der Waals surface area contributed by atoms with E-state index >= 15 is 0 Å². The second kappa shape index (κ2) is 13.3. The standard InChI is InChI=1S/C32H40FN3O4S/c1-7-29(31(38)34-32(4,5)6)35(21-24-13-17-26(33)18-14-24)30(37)22-36(27-19-15-25(16-20-27)23(2)3)41(39,40)28-11-9-8-10-12-28/h8-20,23,29H,7,21-22H2,1-6H3,(H,34,38)/t29-/m1/s1. The number of anilines is 1. The quantitative estimate of drug-likeness (QED) is 0.307. The predicted molar refractivity (Wildman–Crippen MR) is 160 cm³/mol. The summed E-state index contributed by atoms with van der Waals surface area (Å²) in [5, 5.41) is 2.93. The molecule has 3 rings (SSSR count). The summed E-state index contributed by atoms with van der Waals surface area (Å²) in [7, 11) is -4.14. The van der Waals surface area contributed by atoms with Crippen molar-refractivity contribution in [3.05, 3.63) is 95.8 Å². The monoisotopic (exact) mass is 581 g/mol. The molecule has 0 radical (unpaired) electrons. The van der Waals surface area contributed by atoms with Crippen molar-refractivity contribution in [2.24, 2.45) is 0 Å². The third-order valence-corrected chi connectivity index (χ3v) is 8.40. The molecule has 0 aliphatic carbocycles. The molecule has 3 aromatic carbocycles. The van der Waals surface area contributed by atoms with E-state index in [9.17, 15) is 22.4 Å². The minimum Gasteiger partial charge on any atom is -0.350 e. The molecule has 0 aliphatic heterocycles. The fourth-order valence-corrected chi connectivity index (χ4v) is 5.87. The van der Waals surface area contributed by atoms with Crippen LogP contribution in [0.3, 0.4) is 0 Å². The average molecular weight is 582 g/mol. The van der Waals surface area contributed by atoms with Gasteiger partial charge in [-0.15, -0.1) is 0 Å². The number of amides is 2. The number of benzene rings is 3. The third kappa shape index (κ3) is 8.39. The van der Waals surface area contributed by atoms with Crippen LogP contribution in [0.25, 0.3) is 0 Å². The van der Waals surface area contributed by atoms with Gasteiger partial charge in [0.25, 0.3) is 10.0 Å². The Bertz CT molecular complexity index is 1420. The first-order chi connectivity index (χ1) is 19.2. The summed E-state index contributed by atoms with van der Waals surface area (Å²) in [5.74, 6) is -1.09. The predicted octanol–water partition coefficient (Wildman–Crippen LogP) is 5.87. The zero-order valence-corrected chi connectivity index (χ0v) is 25.4. The number of hydrogen-bond donors (Lipinski definition) is 1. The van der Waals surface area contributed by atoms with E-state index in [4.69, 9.17) is 0 Å². The smallest absolute Gasteiger partial charge is 0.264 e. The van der Waals surface area contributed by atoms with E-state index in [0.29, 0.717) is 17.7 Å². The number of rotatable bonds is 11. The lowest BCUT2D eigenvalue weighted by atomic mass is 10.0. The minimum absolute atomic E-state index is 0.000689. The average Bonchev–Trinajstić information content (AvgIpc) is 2.92. The molecular weight excluding hydrogens is 541 g/mol. The van der Waals surface area contributed by atoms with E-state index in [2.05, 4.69) is 5.32 Å². The van der Waals surface area contributed by atoms with E-state index in [0.717, 1.165) is 9.87 Å². The van der Waals surface area contributed by atoms with Crippen LogP contribution in [0.4, 0.5) is 10.1 Å². The van der Waals surface area contributed by atoms with Crippen molar-refractivity contribution in [1.82, 2.24) is 10.2 Å². The van der Waals surface area contributed by atoms with E-state index in [-0.39, 0.29) is 23.3 Å². The van der Waals surface area contributed by atoms with Crippen LogP contribution >= 0.6 is 0 Å². The SMILES string of the molecule is CC[C@H](C(=O)NC(C)(C)C)N(Cc1ccc(F)cc1)C(=O)CN(c1ccc(C(C)C)cc1)S(=O)(=O)c1ccccc1. The fraction of sp³-hybridized carbons (Fsp3) is 0.375. The largest absolute Gasteiger partial charge is 0.350 e. The molecule has 41 heavy (non-hydrogen) atoms. The molecule has 0 spiro atoms. The summed E-state index contributed by atoms with van der Waals surface area (Å²) in [6, 6.07) is 19.8. The van der Waals surface area contributed by atoms with Gasteiger partial charge in [-0.05, 0) is 80.6 Å². The van der Waals surface area contributed by atoms with Gasteiger partial charge in [0, 0.05) is 12.1 Å². The molecule has 3 aromatic rings. The summed E-state index contributed by atoms with van der Waals surface area (Å²) in [6.45, 7) is 10.9. The Balaban J connectivity index is 2.07. The zero-order chi connectivity index (χ0) is 30.4. The Morgan fingerprint density at radius 1 is 0.902 bits per heavy atom. The molecule has 9 heteroatoms. The number of nitrogens with zero attached hydrogens (tertiary/aromatic N) is 2. The van der Waals surface area contributed by atoms with Crippen LogP contribution in [-0.4, -0.2) is 43.3 Å². The molecule has 0 saturated carbocycles. The minimum atomic E-state index is -4.14. The van der Waals surface area contributed by atoms with Crippen LogP contribution in [0.15, 0.2) is 83.8 Å². The van der Waals surface area contributed by atoms with Gasteiger partial charge in [0.15, 0.2) is 0 Å². The van der Waals surface area contributed by atoms with Crippen molar-refractivity contribution in [3.63, 3.8) is 0 Å². The molecule has 0 unspecified atom stereocenters. The van der Waals surface area contributed by atoms with Crippen molar-refractivity contribution >= 4 is 27.5 Å². The van der Waals surface area contributed by atoms with Crippen molar-refractivity contribution in [1.29, 1.82) is 0 Å². The molecule has 1 atom stereocenters. The molecule has 0 saturated heterocycles. The van der Waals surface area contributed by atoms with Gasteiger partial charge in [0.1, 0.15) is 18.4 Å². The van der Waals surface area contributed by atoms with Gasteiger partial charge >= 0.3 is 0 Å². The maximum Gasteiger partial charge on any atom is 0.264 e. The Kier molecular flexibility index (Phi) is 10.3. The molecule has 0 aliphatic rings. The number of sulfonamides is 1. The van der Waals surface area contributed by atoms with Gasteiger partial charge in [-0.1, -0.05) is 63.2 Å². The Morgan fingerprint density at radius 3 is 2.00 bits per heavy atom. The maximum atomic E-state index is 14.1. The summed E-state index contributed by atoms with van der Waals surface area (Å²) in [6.07, 6.45) is 0.295. The number of halogens is 1. The first-order valence-corrected chi connectivity index (χ1v) is 15.2. The zero-order valence-electron chi connectivity index (χ0n) is 24.6. The second-order valence-corrected chi connectivity index (χ2v) is 13.2. The van der Waals surface area contributed by atoms with E-state index in [1.165, 1.54) is 29.2 Å². The van der Waals surface area contributed by atoms with Gasteiger partial charge in [0.2, 0.25) is 11.8 Å². The molecular formula is C32H40FN3O4S. The van der Waals surface area contributed by atoms with Crippen LogP contribution < -0.4 is 9.62 Å². The molecule has 0 aromatic heterocycles. The summed E-state index contributed by atoms with van der Waals surface area (Å²) < 4.78 is 42.5. The molecule has 0 bridgehead atoms.